The van der Waals surface area contributed by atoms with E-state index in [0.29, 0.717) is 0 Å². The Morgan fingerprint density at radius 2 is 1.85 bits per heavy atom. The highest BCUT2D eigenvalue weighted by Gasteiger charge is 2.16. The first kappa shape index (κ1) is 10.1. The Balaban J connectivity index is 2.94. The average Bonchev–Trinajstić information content (AvgIpc) is 2.03. The summed E-state index contributed by atoms with van der Waals surface area (Å²) < 4.78 is 24.3. The lowest BCUT2D eigenvalue weighted by atomic mass is 9.91. The van der Waals surface area contributed by atoms with Crippen molar-refractivity contribution in [2.45, 2.75) is 32.6 Å². The van der Waals surface area contributed by atoms with Gasteiger partial charge in [0.05, 0.1) is 0 Å². The van der Waals surface area contributed by atoms with Crippen LogP contribution in [0, 0.1) is 0 Å². The van der Waals surface area contributed by atoms with E-state index in [0.717, 1.165) is 5.69 Å². The first-order valence-electron chi connectivity index (χ1n) is 4.16. The number of rotatable bonds is 1. The summed E-state index contributed by atoms with van der Waals surface area (Å²) in [6.07, 6.45) is -1.19. The van der Waals surface area contributed by atoms with Gasteiger partial charge in [0.25, 0.3) is 6.43 Å². The van der Waals surface area contributed by atoms with E-state index in [1.54, 1.807) is 6.07 Å². The van der Waals surface area contributed by atoms with E-state index >= 15 is 0 Å². The van der Waals surface area contributed by atoms with Gasteiger partial charge in [-0.1, -0.05) is 20.8 Å². The minimum absolute atomic E-state index is 0.0204. The second-order valence-electron chi connectivity index (χ2n) is 4.03. The quantitative estimate of drug-likeness (QED) is 0.654. The summed E-state index contributed by atoms with van der Waals surface area (Å²) in [4.78, 5) is 3.99. The molecule has 0 saturated heterocycles. The highest BCUT2D eigenvalue weighted by molar-refractivity contribution is 5.19. The van der Waals surface area contributed by atoms with Gasteiger partial charge in [-0.2, -0.15) is 0 Å². The van der Waals surface area contributed by atoms with Crippen molar-refractivity contribution in [2.24, 2.45) is 0 Å². The van der Waals surface area contributed by atoms with Crippen LogP contribution in [0.25, 0.3) is 0 Å². The number of hydrogen-bond donors (Lipinski definition) is 0. The van der Waals surface area contributed by atoms with E-state index in [9.17, 15) is 8.78 Å². The van der Waals surface area contributed by atoms with Gasteiger partial charge in [0.2, 0.25) is 0 Å². The molecule has 0 aromatic carbocycles. The Labute approximate surface area is 76.8 Å². The van der Waals surface area contributed by atoms with Gasteiger partial charge < -0.3 is 0 Å². The second-order valence-corrected chi connectivity index (χ2v) is 4.03. The van der Waals surface area contributed by atoms with Crippen molar-refractivity contribution < 1.29 is 8.78 Å². The van der Waals surface area contributed by atoms with Crippen molar-refractivity contribution in [2.75, 3.05) is 0 Å². The molecule has 0 saturated carbocycles. The van der Waals surface area contributed by atoms with Crippen LogP contribution in [0.3, 0.4) is 0 Å². The number of pyridine rings is 1. The lowest BCUT2D eigenvalue weighted by Crippen LogP contribution is -2.13. The molecule has 0 aliphatic rings. The number of aromatic nitrogens is 1. The van der Waals surface area contributed by atoms with Gasteiger partial charge in [-0.15, -0.1) is 0 Å². The minimum atomic E-state index is -2.43. The smallest absolute Gasteiger partial charge is 0.260 e. The molecular formula is C10H13F2N. The summed E-state index contributed by atoms with van der Waals surface area (Å²) in [5.74, 6) is 0. The molecular weight excluding hydrogens is 172 g/mol. The number of alkyl halides is 2. The maximum absolute atomic E-state index is 12.2. The molecule has 0 aliphatic carbocycles. The molecule has 3 heteroatoms. The van der Waals surface area contributed by atoms with E-state index in [1.807, 2.05) is 20.8 Å². The zero-order valence-corrected chi connectivity index (χ0v) is 8.01. The zero-order chi connectivity index (χ0) is 10.1. The number of nitrogens with zero attached hydrogens (tertiary/aromatic N) is 1. The summed E-state index contributed by atoms with van der Waals surface area (Å²) in [5.41, 5.74) is 0.727. The third kappa shape index (κ3) is 2.47. The van der Waals surface area contributed by atoms with E-state index in [-0.39, 0.29) is 11.0 Å². The fraction of sp³-hybridized carbons (Fsp3) is 0.500. The summed E-state index contributed by atoms with van der Waals surface area (Å²) in [6.45, 7) is 5.99. The van der Waals surface area contributed by atoms with Crippen molar-refractivity contribution in [1.82, 2.24) is 4.98 Å². The lowest BCUT2D eigenvalue weighted by molar-refractivity contribution is 0.151. The predicted molar refractivity (Wildman–Crippen MR) is 47.9 cm³/mol. The van der Waals surface area contributed by atoms with Crippen LogP contribution in [0.1, 0.15) is 38.5 Å². The van der Waals surface area contributed by atoms with Crippen molar-refractivity contribution in [3.63, 3.8) is 0 Å². The number of halogens is 2. The van der Waals surface area contributed by atoms with Gasteiger partial charge in [0.1, 0.15) is 0 Å². The van der Waals surface area contributed by atoms with E-state index in [1.165, 1.54) is 12.3 Å². The van der Waals surface area contributed by atoms with Crippen LogP contribution in [-0.4, -0.2) is 4.98 Å². The second kappa shape index (κ2) is 3.40. The normalized spacial score (nSPS) is 12.2. The predicted octanol–water partition coefficient (Wildman–Crippen LogP) is 3.32. The Morgan fingerprint density at radius 3 is 2.15 bits per heavy atom. The third-order valence-corrected chi connectivity index (χ3v) is 1.81. The SMILES string of the molecule is CC(C)(C)c1ccc(C(F)F)cn1. The molecule has 1 aromatic heterocycles. The van der Waals surface area contributed by atoms with Gasteiger partial charge in [-0.05, 0) is 12.1 Å². The Bertz CT molecular complexity index is 272. The van der Waals surface area contributed by atoms with Crippen molar-refractivity contribution >= 4 is 0 Å². The first-order valence-corrected chi connectivity index (χ1v) is 4.16. The maximum Gasteiger partial charge on any atom is 0.265 e. The highest BCUT2D eigenvalue weighted by Crippen LogP contribution is 2.22. The molecule has 72 valence electrons. The van der Waals surface area contributed by atoms with E-state index < -0.39 is 6.43 Å². The summed E-state index contributed by atoms with van der Waals surface area (Å²) in [7, 11) is 0. The molecule has 0 spiro atoms. The molecule has 1 nitrogen and oxygen atoms in total. The molecule has 0 atom stereocenters. The third-order valence-electron chi connectivity index (χ3n) is 1.81. The minimum Gasteiger partial charge on any atom is -0.260 e. The van der Waals surface area contributed by atoms with Gasteiger partial charge in [0, 0.05) is 22.9 Å². The monoisotopic (exact) mass is 185 g/mol. The van der Waals surface area contributed by atoms with E-state index in [2.05, 4.69) is 4.98 Å². The molecule has 0 amide bonds. The van der Waals surface area contributed by atoms with Gasteiger partial charge in [-0.3, -0.25) is 4.98 Å². The first-order chi connectivity index (χ1) is 5.91. The molecule has 0 bridgehead atoms. The summed E-state index contributed by atoms with van der Waals surface area (Å²) >= 11 is 0. The van der Waals surface area contributed by atoms with Gasteiger partial charge in [0.15, 0.2) is 0 Å². The summed E-state index contributed by atoms with van der Waals surface area (Å²) in [5, 5.41) is 0. The Kier molecular flexibility index (Phi) is 2.64. The lowest BCUT2D eigenvalue weighted by Gasteiger charge is -2.17. The molecule has 1 aromatic rings. The molecule has 0 radical (unpaired) electrons. The fourth-order valence-electron chi connectivity index (χ4n) is 0.978. The van der Waals surface area contributed by atoms with Crippen molar-refractivity contribution in [3.05, 3.63) is 29.6 Å². The van der Waals surface area contributed by atoms with Crippen LogP contribution >= 0.6 is 0 Å². The topological polar surface area (TPSA) is 12.9 Å². The number of hydrogen-bond acceptors (Lipinski definition) is 1. The maximum atomic E-state index is 12.2. The molecule has 0 N–H and O–H groups in total. The molecule has 1 heterocycles. The summed E-state index contributed by atoms with van der Waals surface area (Å²) in [6, 6.07) is 3.08. The Hall–Kier alpha value is -0.990. The van der Waals surface area contributed by atoms with Gasteiger partial charge >= 0.3 is 0 Å². The molecule has 13 heavy (non-hydrogen) atoms. The van der Waals surface area contributed by atoms with Crippen LogP contribution < -0.4 is 0 Å². The van der Waals surface area contributed by atoms with E-state index in [4.69, 9.17) is 0 Å². The zero-order valence-electron chi connectivity index (χ0n) is 8.01. The average molecular weight is 185 g/mol. The van der Waals surface area contributed by atoms with Crippen molar-refractivity contribution in [1.29, 1.82) is 0 Å². The van der Waals surface area contributed by atoms with Crippen LogP contribution in [-0.2, 0) is 5.41 Å². The standard InChI is InChI=1S/C10H13F2N/c1-10(2,3)8-5-4-7(6-13-8)9(11)12/h4-6,9H,1-3H3. The highest BCUT2D eigenvalue weighted by atomic mass is 19.3. The van der Waals surface area contributed by atoms with Crippen LogP contribution in [0.5, 0.6) is 0 Å². The van der Waals surface area contributed by atoms with Crippen LogP contribution in [0.15, 0.2) is 18.3 Å². The molecule has 0 fully saturated rings. The molecule has 1 rings (SSSR count). The molecule has 0 unspecified atom stereocenters. The van der Waals surface area contributed by atoms with Crippen LogP contribution in [0.4, 0.5) is 8.78 Å². The van der Waals surface area contributed by atoms with Crippen LogP contribution in [0.2, 0.25) is 0 Å². The largest absolute Gasteiger partial charge is 0.265 e. The molecule has 0 aliphatic heterocycles. The Morgan fingerprint density at radius 1 is 1.23 bits per heavy atom. The van der Waals surface area contributed by atoms with Crippen molar-refractivity contribution in [3.8, 4) is 0 Å². The fourth-order valence-corrected chi connectivity index (χ4v) is 0.978. The van der Waals surface area contributed by atoms with Gasteiger partial charge in [-0.25, -0.2) is 8.78 Å².